The summed E-state index contributed by atoms with van der Waals surface area (Å²) in [4.78, 5) is 4.98. The third-order valence-corrected chi connectivity index (χ3v) is 2.59. The highest BCUT2D eigenvalue weighted by Gasteiger charge is 1.94. The number of hydrogen-bond acceptors (Lipinski definition) is 3. The first-order valence-electron chi connectivity index (χ1n) is 3.41. The van der Waals surface area contributed by atoms with Gasteiger partial charge < -0.3 is 0 Å². The number of nitrogens with zero attached hydrogens (tertiary/aromatic N) is 2. The van der Waals surface area contributed by atoms with Gasteiger partial charge in [0.1, 0.15) is 11.8 Å². The van der Waals surface area contributed by atoms with Gasteiger partial charge in [0.25, 0.3) is 0 Å². The van der Waals surface area contributed by atoms with Crippen LogP contribution in [0.2, 0.25) is 0 Å². The molecule has 0 spiro atoms. The van der Waals surface area contributed by atoms with Gasteiger partial charge in [-0.1, -0.05) is 0 Å². The van der Waals surface area contributed by atoms with Crippen LogP contribution in [0, 0.1) is 11.3 Å². The van der Waals surface area contributed by atoms with E-state index < -0.39 is 0 Å². The minimum atomic E-state index is 0.449. The smallest absolute Gasteiger partial charge is 0.140 e. The fraction of sp³-hybridized carbons (Fsp3) is 0.250. The first kappa shape index (κ1) is 9.37. The van der Waals surface area contributed by atoms with E-state index in [1.54, 1.807) is 24.0 Å². The lowest BCUT2D eigenvalue weighted by atomic mass is 10.4. The molecule has 0 aliphatic carbocycles. The first-order valence-corrected chi connectivity index (χ1v) is 4.93. The zero-order chi connectivity index (χ0) is 8.81. The van der Waals surface area contributed by atoms with Crippen molar-refractivity contribution in [2.24, 2.45) is 0 Å². The second-order valence-corrected chi connectivity index (χ2v) is 3.57. The summed E-state index contributed by atoms with van der Waals surface area (Å²) in [6, 6.07) is 5.55. The number of alkyl halides is 1. The summed E-state index contributed by atoms with van der Waals surface area (Å²) in [5.74, 6) is 1.50. The molecule has 1 rings (SSSR count). The van der Waals surface area contributed by atoms with Crippen molar-refractivity contribution < 1.29 is 0 Å². The standard InChI is InChI=1S/C8H7ClN2S/c9-3-4-12-8-2-1-7(5-10)11-6-8/h1-2,6H,3-4H2. The van der Waals surface area contributed by atoms with Crippen molar-refractivity contribution in [1.82, 2.24) is 4.98 Å². The van der Waals surface area contributed by atoms with Crippen LogP contribution in [0.4, 0.5) is 0 Å². The molecule has 0 aromatic carbocycles. The van der Waals surface area contributed by atoms with Gasteiger partial charge in [0, 0.05) is 22.7 Å². The van der Waals surface area contributed by atoms with Crippen molar-refractivity contribution in [3.63, 3.8) is 0 Å². The van der Waals surface area contributed by atoms with Crippen molar-refractivity contribution in [3.8, 4) is 6.07 Å². The zero-order valence-electron chi connectivity index (χ0n) is 6.33. The summed E-state index contributed by atoms with van der Waals surface area (Å²) in [6.07, 6.45) is 1.69. The van der Waals surface area contributed by atoms with E-state index in [0.717, 1.165) is 10.6 Å². The molecule has 0 fully saturated rings. The van der Waals surface area contributed by atoms with E-state index in [4.69, 9.17) is 16.9 Å². The highest BCUT2D eigenvalue weighted by atomic mass is 35.5. The third-order valence-electron chi connectivity index (χ3n) is 1.20. The van der Waals surface area contributed by atoms with E-state index in [-0.39, 0.29) is 0 Å². The summed E-state index contributed by atoms with van der Waals surface area (Å²) in [5.41, 5.74) is 0.449. The van der Waals surface area contributed by atoms with Crippen LogP contribution in [0.15, 0.2) is 23.2 Å². The molecule has 0 atom stereocenters. The number of aromatic nitrogens is 1. The maximum Gasteiger partial charge on any atom is 0.140 e. The Kier molecular flexibility index (Phi) is 3.92. The van der Waals surface area contributed by atoms with Crippen LogP contribution in [0.1, 0.15) is 5.69 Å². The Labute approximate surface area is 80.6 Å². The van der Waals surface area contributed by atoms with Crippen molar-refractivity contribution >= 4 is 23.4 Å². The summed E-state index contributed by atoms with van der Waals surface area (Å²) >= 11 is 7.15. The lowest BCUT2D eigenvalue weighted by Crippen LogP contribution is -1.83. The van der Waals surface area contributed by atoms with E-state index in [1.807, 2.05) is 12.1 Å². The molecular formula is C8H7ClN2S. The van der Waals surface area contributed by atoms with E-state index in [0.29, 0.717) is 11.6 Å². The van der Waals surface area contributed by atoms with Gasteiger partial charge in [-0.15, -0.1) is 23.4 Å². The molecule has 1 aromatic heterocycles. The molecule has 0 bridgehead atoms. The van der Waals surface area contributed by atoms with Crippen LogP contribution in [0.25, 0.3) is 0 Å². The molecule has 4 heteroatoms. The number of pyridine rings is 1. The molecule has 0 saturated carbocycles. The lowest BCUT2D eigenvalue weighted by Gasteiger charge is -1.96. The minimum Gasteiger partial charge on any atom is -0.244 e. The molecule has 0 saturated heterocycles. The van der Waals surface area contributed by atoms with Gasteiger partial charge in [-0.3, -0.25) is 0 Å². The summed E-state index contributed by atoms with van der Waals surface area (Å²) in [7, 11) is 0. The Bertz CT molecular complexity index is 278. The van der Waals surface area contributed by atoms with Gasteiger partial charge >= 0.3 is 0 Å². The topological polar surface area (TPSA) is 36.7 Å². The Hall–Kier alpha value is -0.720. The average Bonchev–Trinajstić information content (AvgIpc) is 2.15. The van der Waals surface area contributed by atoms with Gasteiger partial charge in [-0.2, -0.15) is 5.26 Å². The lowest BCUT2D eigenvalue weighted by molar-refractivity contribution is 1.19. The predicted molar refractivity (Wildman–Crippen MR) is 50.4 cm³/mol. The SMILES string of the molecule is N#Cc1ccc(SCCCl)cn1. The average molecular weight is 199 g/mol. The van der Waals surface area contributed by atoms with Crippen molar-refractivity contribution in [2.75, 3.05) is 11.6 Å². The predicted octanol–water partition coefficient (Wildman–Crippen LogP) is 2.28. The fourth-order valence-corrected chi connectivity index (χ4v) is 1.52. The van der Waals surface area contributed by atoms with Gasteiger partial charge in [0.15, 0.2) is 0 Å². The molecule has 62 valence electrons. The summed E-state index contributed by atoms with van der Waals surface area (Å²) < 4.78 is 0. The Morgan fingerprint density at radius 1 is 1.58 bits per heavy atom. The van der Waals surface area contributed by atoms with Gasteiger partial charge in [-0.25, -0.2) is 4.98 Å². The number of hydrogen-bond donors (Lipinski definition) is 0. The molecule has 12 heavy (non-hydrogen) atoms. The van der Waals surface area contributed by atoms with Crippen LogP contribution in [-0.4, -0.2) is 16.6 Å². The van der Waals surface area contributed by atoms with Crippen molar-refractivity contribution in [3.05, 3.63) is 24.0 Å². The monoisotopic (exact) mass is 198 g/mol. The molecule has 2 nitrogen and oxygen atoms in total. The molecule has 0 N–H and O–H groups in total. The van der Waals surface area contributed by atoms with Crippen LogP contribution >= 0.6 is 23.4 Å². The Balaban J connectivity index is 2.60. The molecule has 0 amide bonds. The van der Waals surface area contributed by atoms with Crippen molar-refractivity contribution in [1.29, 1.82) is 5.26 Å². The van der Waals surface area contributed by atoms with Gasteiger partial charge in [0.05, 0.1) is 0 Å². The van der Waals surface area contributed by atoms with Gasteiger partial charge in [-0.05, 0) is 12.1 Å². The number of thioether (sulfide) groups is 1. The molecule has 1 aromatic rings. The zero-order valence-corrected chi connectivity index (χ0v) is 7.90. The summed E-state index contributed by atoms with van der Waals surface area (Å²) in [6.45, 7) is 0. The third kappa shape index (κ3) is 2.72. The highest BCUT2D eigenvalue weighted by molar-refractivity contribution is 7.99. The van der Waals surface area contributed by atoms with Crippen molar-refractivity contribution in [2.45, 2.75) is 4.90 Å². The van der Waals surface area contributed by atoms with Gasteiger partial charge in [0.2, 0.25) is 0 Å². The number of halogens is 1. The number of rotatable bonds is 3. The quantitative estimate of drug-likeness (QED) is 0.553. The largest absolute Gasteiger partial charge is 0.244 e. The number of nitriles is 1. The second-order valence-electron chi connectivity index (χ2n) is 2.03. The molecule has 1 heterocycles. The molecular weight excluding hydrogens is 192 g/mol. The highest BCUT2D eigenvalue weighted by Crippen LogP contribution is 2.16. The van der Waals surface area contributed by atoms with E-state index >= 15 is 0 Å². The van der Waals surface area contributed by atoms with E-state index in [1.165, 1.54) is 0 Å². The van der Waals surface area contributed by atoms with Crippen LogP contribution < -0.4 is 0 Å². The Morgan fingerprint density at radius 3 is 2.92 bits per heavy atom. The first-order chi connectivity index (χ1) is 5.86. The normalized spacial score (nSPS) is 9.33. The maximum absolute atomic E-state index is 8.46. The summed E-state index contributed by atoms with van der Waals surface area (Å²) in [5, 5.41) is 8.46. The molecule has 0 unspecified atom stereocenters. The van der Waals surface area contributed by atoms with Crippen LogP contribution in [0.5, 0.6) is 0 Å². The molecule has 0 radical (unpaired) electrons. The minimum absolute atomic E-state index is 0.449. The second kappa shape index (κ2) is 5.02. The fourth-order valence-electron chi connectivity index (χ4n) is 0.688. The van der Waals surface area contributed by atoms with Crippen LogP contribution in [0.3, 0.4) is 0 Å². The maximum atomic E-state index is 8.46. The molecule has 0 aliphatic rings. The van der Waals surface area contributed by atoms with Crippen LogP contribution in [-0.2, 0) is 0 Å². The van der Waals surface area contributed by atoms with E-state index in [2.05, 4.69) is 4.98 Å². The Morgan fingerprint density at radius 2 is 2.42 bits per heavy atom. The molecule has 0 aliphatic heterocycles. The van der Waals surface area contributed by atoms with E-state index in [9.17, 15) is 0 Å².